The van der Waals surface area contributed by atoms with Gasteiger partial charge in [-0.25, -0.2) is 0 Å². The molecule has 0 heterocycles. The van der Waals surface area contributed by atoms with Crippen molar-refractivity contribution < 1.29 is 14.6 Å². The van der Waals surface area contributed by atoms with E-state index < -0.39 is 6.10 Å². The minimum atomic E-state index is -0.473. The lowest BCUT2D eigenvalue weighted by molar-refractivity contribution is 0.157. The second kappa shape index (κ2) is 10.1. The summed E-state index contributed by atoms with van der Waals surface area (Å²) in [5.74, 6) is 1.91. The third-order valence-corrected chi connectivity index (χ3v) is 6.97. The molecule has 4 atom stereocenters. The van der Waals surface area contributed by atoms with E-state index in [2.05, 4.69) is 54.6 Å². The Morgan fingerprint density at radius 2 is 1.35 bits per heavy atom. The number of rotatable bonds is 7. The third kappa shape index (κ3) is 4.57. The van der Waals surface area contributed by atoms with E-state index in [0.29, 0.717) is 13.0 Å². The van der Waals surface area contributed by atoms with Gasteiger partial charge in [-0.3, -0.25) is 0 Å². The van der Waals surface area contributed by atoms with Crippen LogP contribution in [0.1, 0.15) is 46.4 Å². The van der Waals surface area contributed by atoms with Gasteiger partial charge in [0.25, 0.3) is 0 Å². The number of methoxy groups -OCH3 is 1. The van der Waals surface area contributed by atoms with Crippen molar-refractivity contribution in [1.29, 1.82) is 0 Å². The van der Waals surface area contributed by atoms with Crippen LogP contribution in [0.15, 0.2) is 109 Å². The van der Waals surface area contributed by atoms with Crippen molar-refractivity contribution in [1.82, 2.24) is 0 Å². The quantitative estimate of drug-likeness (QED) is 0.341. The van der Waals surface area contributed by atoms with E-state index in [4.69, 9.17) is 9.47 Å². The monoisotopic (exact) mass is 450 g/mol. The number of hydrogen-bond acceptors (Lipinski definition) is 3. The number of ether oxygens (including phenoxy) is 2. The standard InChI is InChI=1S/C31H30O3/c1-33-25-18-16-24(17-19-25)30-27(23-12-6-3-7-13-23)20-28(32)31(30)26-14-8-9-15-29(26)34-21-22-10-4-2-5-11-22/h2-19,27-28,30-32H,20-21H2,1H3. The molecule has 1 saturated carbocycles. The maximum Gasteiger partial charge on any atom is 0.123 e. The minimum Gasteiger partial charge on any atom is -0.497 e. The molecular weight excluding hydrogens is 420 g/mol. The molecule has 1 aliphatic rings. The SMILES string of the molecule is COc1ccc(C2C(c3ccccc3)CC(O)C2c2ccccc2OCc2ccccc2)cc1. The molecule has 0 bridgehead atoms. The van der Waals surface area contributed by atoms with Crippen LogP contribution in [0, 0.1) is 0 Å². The summed E-state index contributed by atoms with van der Waals surface area (Å²) in [5.41, 5.74) is 4.64. The van der Waals surface area contributed by atoms with Crippen LogP contribution >= 0.6 is 0 Å². The lowest BCUT2D eigenvalue weighted by atomic mass is 9.77. The summed E-state index contributed by atoms with van der Waals surface area (Å²) in [6, 6.07) is 37.2. The van der Waals surface area contributed by atoms with Crippen LogP contribution in [-0.2, 0) is 6.61 Å². The van der Waals surface area contributed by atoms with E-state index in [1.807, 2.05) is 54.6 Å². The number of para-hydroxylation sites is 1. The summed E-state index contributed by atoms with van der Waals surface area (Å²) >= 11 is 0. The minimum absolute atomic E-state index is 0.0782. The number of aliphatic hydroxyl groups is 1. The van der Waals surface area contributed by atoms with Gasteiger partial charge in [0, 0.05) is 17.4 Å². The maximum atomic E-state index is 11.4. The molecule has 34 heavy (non-hydrogen) atoms. The van der Waals surface area contributed by atoms with E-state index >= 15 is 0 Å². The van der Waals surface area contributed by atoms with Crippen LogP contribution in [-0.4, -0.2) is 18.3 Å². The Morgan fingerprint density at radius 3 is 2.06 bits per heavy atom. The topological polar surface area (TPSA) is 38.7 Å². The van der Waals surface area contributed by atoms with Crippen LogP contribution < -0.4 is 9.47 Å². The number of aliphatic hydroxyl groups excluding tert-OH is 1. The molecule has 1 aliphatic carbocycles. The van der Waals surface area contributed by atoms with Crippen molar-refractivity contribution >= 4 is 0 Å². The zero-order valence-electron chi connectivity index (χ0n) is 19.4. The molecule has 0 spiro atoms. The Labute approximate surface area is 201 Å². The first kappa shape index (κ1) is 22.2. The fraction of sp³-hybridized carbons (Fsp3) is 0.226. The summed E-state index contributed by atoms with van der Waals surface area (Å²) in [5, 5.41) is 11.4. The molecule has 4 aromatic rings. The Hall–Kier alpha value is -3.56. The van der Waals surface area contributed by atoms with Gasteiger partial charge in [0.1, 0.15) is 18.1 Å². The van der Waals surface area contributed by atoms with Gasteiger partial charge in [0.05, 0.1) is 13.2 Å². The third-order valence-electron chi connectivity index (χ3n) is 6.97. The van der Waals surface area contributed by atoms with Gasteiger partial charge in [0.2, 0.25) is 0 Å². The van der Waals surface area contributed by atoms with Crippen molar-refractivity contribution in [3.63, 3.8) is 0 Å². The molecule has 0 aromatic heterocycles. The highest BCUT2D eigenvalue weighted by atomic mass is 16.5. The number of benzene rings is 4. The molecular formula is C31H30O3. The van der Waals surface area contributed by atoms with E-state index in [-0.39, 0.29) is 17.8 Å². The summed E-state index contributed by atoms with van der Waals surface area (Å²) < 4.78 is 11.7. The zero-order chi connectivity index (χ0) is 23.3. The van der Waals surface area contributed by atoms with Crippen molar-refractivity contribution in [3.05, 3.63) is 131 Å². The molecule has 0 amide bonds. The van der Waals surface area contributed by atoms with E-state index in [0.717, 1.165) is 22.6 Å². The van der Waals surface area contributed by atoms with Gasteiger partial charge >= 0.3 is 0 Å². The first-order chi connectivity index (χ1) is 16.7. The Kier molecular flexibility index (Phi) is 6.64. The van der Waals surface area contributed by atoms with E-state index in [1.165, 1.54) is 11.1 Å². The van der Waals surface area contributed by atoms with Gasteiger partial charge in [-0.15, -0.1) is 0 Å². The van der Waals surface area contributed by atoms with Gasteiger partial charge in [-0.05, 0) is 47.2 Å². The summed E-state index contributed by atoms with van der Waals surface area (Å²) in [6.07, 6.45) is 0.233. The Balaban J connectivity index is 1.53. The fourth-order valence-corrected chi connectivity index (χ4v) is 5.38. The van der Waals surface area contributed by atoms with Gasteiger partial charge in [0.15, 0.2) is 0 Å². The van der Waals surface area contributed by atoms with Crippen molar-refractivity contribution in [2.24, 2.45) is 0 Å². The second-order valence-electron chi connectivity index (χ2n) is 8.96. The molecule has 0 radical (unpaired) electrons. The molecule has 1 fully saturated rings. The normalized spacial score (nSPS) is 21.8. The van der Waals surface area contributed by atoms with Crippen LogP contribution in [0.25, 0.3) is 0 Å². The fourth-order valence-electron chi connectivity index (χ4n) is 5.38. The predicted molar refractivity (Wildman–Crippen MR) is 135 cm³/mol. The molecule has 0 saturated heterocycles. The average Bonchev–Trinajstić information content (AvgIpc) is 3.25. The van der Waals surface area contributed by atoms with Crippen LogP contribution in [0.5, 0.6) is 11.5 Å². The van der Waals surface area contributed by atoms with Crippen LogP contribution in [0.2, 0.25) is 0 Å². The predicted octanol–water partition coefficient (Wildman–Crippen LogP) is 6.69. The summed E-state index contributed by atoms with van der Waals surface area (Å²) in [4.78, 5) is 0. The van der Waals surface area contributed by atoms with Crippen LogP contribution in [0.3, 0.4) is 0 Å². The highest BCUT2D eigenvalue weighted by Gasteiger charge is 2.45. The second-order valence-corrected chi connectivity index (χ2v) is 8.96. The highest BCUT2D eigenvalue weighted by molar-refractivity contribution is 5.45. The molecule has 3 nitrogen and oxygen atoms in total. The molecule has 4 unspecified atom stereocenters. The maximum absolute atomic E-state index is 11.4. The smallest absolute Gasteiger partial charge is 0.123 e. The zero-order valence-corrected chi connectivity index (χ0v) is 19.4. The van der Waals surface area contributed by atoms with Crippen LogP contribution in [0.4, 0.5) is 0 Å². The van der Waals surface area contributed by atoms with Gasteiger partial charge < -0.3 is 14.6 Å². The summed E-state index contributed by atoms with van der Waals surface area (Å²) in [6.45, 7) is 0.496. The Morgan fingerprint density at radius 1 is 0.706 bits per heavy atom. The molecule has 3 heteroatoms. The van der Waals surface area contributed by atoms with Crippen molar-refractivity contribution in [2.75, 3.05) is 7.11 Å². The number of hydrogen-bond donors (Lipinski definition) is 1. The average molecular weight is 451 g/mol. The lowest BCUT2D eigenvalue weighted by Crippen LogP contribution is -2.18. The van der Waals surface area contributed by atoms with E-state index in [1.54, 1.807) is 7.11 Å². The Bertz CT molecular complexity index is 1190. The molecule has 5 rings (SSSR count). The highest BCUT2D eigenvalue weighted by Crippen LogP contribution is 2.55. The largest absolute Gasteiger partial charge is 0.497 e. The van der Waals surface area contributed by atoms with E-state index in [9.17, 15) is 5.11 Å². The molecule has 1 N–H and O–H groups in total. The van der Waals surface area contributed by atoms with Gasteiger partial charge in [-0.2, -0.15) is 0 Å². The molecule has 0 aliphatic heterocycles. The lowest BCUT2D eigenvalue weighted by Gasteiger charge is -2.28. The first-order valence-electron chi connectivity index (χ1n) is 11.9. The summed E-state index contributed by atoms with van der Waals surface area (Å²) in [7, 11) is 1.68. The molecule has 172 valence electrons. The van der Waals surface area contributed by atoms with Crippen molar-refractivity contribution in [3.8, 4) is 11.5 Å². The first-order valence-corrected chi connectivity index (χ1v) is 11.9. The van der Waals surface area contributed by atoms with Crippen molar-refractivity contribution in [2.45, 2.75) is 36.9 Å². The molecule has 4 aromatic carbocycles. The van der Waals surface area contributed by atoms with Gasteiger partial charge in [-0.1, -0.05) is 91.0 Å².